The van der Waals surface area contributed by atoms with E-state index in [0.717, 1.165) is 0 Å². The number of hydrogen-bond acceptors (Lipinski definition) is 6. The number of ketones is 1. The van der Waals surface area contributed by atoms with Crippen molar-refractivity contribution in [2.24, 2.45) is 4.99 Å². The molecule has 3 rings (SSSR count). The van der Waals surface area contributed by atoms with Crippen molar-refractivity contribution in [1.29, 1.82) is 0 Å². The number of benzene rings is 1. The Balaban J connectivity index is 1.72. The Morgan fingerprint density at radius 2 is 2.25 bits per heavy atom. The lowest BCUT2D eigenvalue weighted by molar-refractivity contribution is -0.140. The molecule has 5 nitrogen and oxygen atoms in total. The third-order valence-corrected chi connectivity index (χ3v) is 5.32. The number of hydrogen-bond donors (Lipinski definition) is 1. The number of carbonyl (C=O) groups excluding carboxylic acids is 2. The van der Waals surface area contributed by atoms with Crippen molar-refractivity contribution < 1.29 is 19.4 Å². The van der Waals surface area contributed by atoms with Gasteiger partial charge in [0.15, 0.2) is 5.78 Å². The van der Waals surface area contributed by atoms with Crippen LogP contribution in [-0.2, 0) is 14.3 Å². The van der Waals surface area contributed by atoms with Crippen LogP contribution in [0.15, 0.2) is 34.8 Å². The van der Waals surface area contributed by atoms with Gasteiger partial charge >= 0.3 is 5.97 Å². The Labute approximate surface area is 144 Å². The van der Waals surface area contributed by atoms with Crippen molar-refractivity contribution in [3.05, 3.63) is 35.4 Å². The molecule has 0 bridgehead atoms. The first-order valence-electron chi connectivity index (χ1n) is 7.84. The minimum Gasteiger partial charge on any atom is -0.508 e. The quantitative estimate of drug-likeness (QED) is 0.633. The average molecular weight is 345 g/mol. The van der Waals surface area contributed by atoms with E-state index in [1.54, 1.807) is 42.3 Å². The van der Waals surface area contributed by atoms with Crippen LogP contribution in [0.5, 0.6) is 5.75 Å². The van der Waals surface area contributed by atoms with E-state index in [9.17, 15) is 14.7 Å². The van der Waals surface area contributed by atoms with Crippen LogP contribution in [-0.4, -0.2) is 40.7 Å². The lowest BCUT2D eigenvalue weighted by atomic mass is 9.92. The third kappa shape index (κ3) is 3.24. The van der Waals surface area contributed by atoms with E-state index in [0.29, 0.717) is 22.9 Å². The Kier molecular flexibility index (Phi) is 4.76. The number of esters is 1. The first-order chi connectivity index (χ1) is 11.5. The molecule has 6 heteroatoms. The molecule has 0 radical (unpaired) electrons. The van der Waals surface area contributed by atoms with Gasteiger partial charge in [-0.3, -0.25) is 9.79 Å². The Bertz CT molecular complexity index is 741. The number of thioether (sulfide) groups is 1. The zero-order valence-corrected chi connectivity index (χ0v) is 14.4. The second-order valence-electron chi connectivity index (χ2n) is 6.03. The maximum Gasteiger partial charge on any atom is 0.342 e. The highest BCUT2D eigenvalue weighted by molar-refractivity contribution is 7.99. The van der Waals surface area contributed by atoms with E-state index in [2.05, 4.69) is 11.9 Å². The molecule has 0 aliphatic carbocycles. The molecule has 3 atom stereocenters. The smallest absolute Gasteiger partial charge is 0.342 e. The SMILES string of the molecule is CSC(C)CC1C=C(C(=O)CC2C=Nc3cccc(O)c32)C(=O)O1. The first kappa shape index (κ1) is 16.8. The van der Waals surface area contributed by atoms with Gasteiger partial charge in [-0.1, -0.05) is 13.0 Å². The van der Waals surface area contributed by atoms with Crippen LogP contribution >= 0.6 is 11.8 Å². The molecule has 3 unspecified atom stereocenters. The van der Waals surface area contributed by atoms with Crippen LogP contribution in [0.1, 0.15) is 31.2 Å². The van der Waals surface area contributed by atoms with Gasteiger partial charge in [0.2, 0.25) is 0 Å². The number of Topliss-reactive ketones (excluding diaryl/α,β-unsaturated/α-hetero) is 1. The molecule has 1 aromatic carbocycles. The number of carbonyl (C=O) groups is 2. The number of aromatic hydroxyl groups is 1. The van der Waals surface area contributed by atoms with Gasteiger partial charge in [-0.15, -0.1) is 0 Å². The molecular formula is C18H19NO4S. The summed E-state index contributed by atoms with van der Waals surface area (Å²) in [6.45, 7) is 2.06. The predicted molar refractivity (Wildman–Crippen MR) is 94.2 cm³/mol. The van der Waals surface area contributed by atoms with Gasteiger partial charge in [0.1, 0.15) is 17.4 Å². The molecule has 2 aliphatic heterocycles. The number of phenolic OH excluding ortho intramolecular Hbond substituents is 1. The predicted octanol–water partition coefficient (Wildman–Crippen LogP) is 3.14. The lowest BCUT2D eigenvalue weighted by Crippen LogP contribution is -2.15. The van der Waals surface area contributed by atoms with Gasteiger partial charge in [0.05, 0.1) is 5.69 Å². The van der Waals surface area contributed by atoms with Gasteiger partial charge in [0, 0.05) is 29.4 Å². The molecule has 2 aliphatic rings. The number of ether oxygens (including phenoxy) is 1. The van der Waals surface area contributed by atoms with Crippen LogP contribution in [0.2, 0.25) is 0 Å². The molecular weight excluding hydrogens is 326 g/mol. The summed E-state index contributed by atoms with van der Waals surface area (Å²) in [6.07, 6.45) is 5.74. The largest absolute Gasteiger partial charge is 0.508 e. The number of phenols is 1. The summed E-state index contributed by atoms with van der Waals surface area (Å²) >= 11 is 1.69. The molecule has 0 fully saturated rings. The second-order valence-corrected chi connectivity index (χ2v) is 7.30. The minimum atomic E-state index is -0.550. The maximum atomic E-state index is 12.5. The number of rotatable bonds is 6. The van der Waals surface area contributed by atoms with Crippen LogP contribution in [0, 0.1) is 0 Å². The van der Waals surface area contributed by atoms with E-state index in [1.807, 2.05) is 6.26 Å². The van der Waals surface area contributed by atoms with Gasteiger partial charge in [0.25, 0.3) is 0 Å². The molecule has 24 heavy (non-hydrogen) atoms. The number of cyclic esters (lactones) is 1. The summed E-state index contributed by atoms with van der Waals surface area (Å²) in [6, 6.07) is 5.08. The molecule has 0 saturated carbocycles. The van der Waals surface area contributed by atoms with Crippen molar-refractivity contribution in [3.8, 4) is 5.75 Å². The summed E-state index contributed by atoms with van der Waals surface area (Å²) in [5.74, 6) is -1.01. The lowest BCUT2D eigenvalue weighted by Gasteiger charge is -2.12. The van der Waals surface area contributed by atoms with Gasteiger partial charge in [-0.25, -0.2) is 4.79 Å². The monoisotopic (exact) mass is 345 g/mol. The van der Waals surface area contributed by atoms with Crippen molar-refractivity contribution in [3.63, 3.8) is 0 Å². The number of nitrogens with zero attached hydrogens (tertiary/aromatic N) is 1. The van der Waals surface area contributed by atoms with Crippen LogP contribution in [0.25, 0.3) is 0 Å². The molecule has 0 saturated heterocycles. The molecule has 1 aromatic rings. The van der Waals surface area contributed by atoms with Crippen molar-refractivity contribution in [2.75, 3.05) is 6.26 Å². The van der Waals surface area contributed by atoms with E-state index < -0.39 is 5.97 Å². The van der Waals surface area contributed by atoms with E-state index in [1.165, 1.54) is 0 Å². The van der Waals surface area contributed by atoms with E-state index in [-0.39, 0.29) is 35.5 Å². The highest BCUT2D eigenvalue weighted by Gasteiger charge is 2.33. The zero-order chi connectivity index (χ0) is 17.3. The Hall–Kier alpha value is -2.08. The first-order valence-corrected chi connectivity index (χ1v) is 9.13. The summed E-state index contributed by atoms with van der Waals surface area (Å²) in [4.78, 5) is 28.7. The standard InChI is InChI=1S/C18H19NO4S/c1-10(24-2)6-12-8-13(18(22)23-12)16(21)7-11-9-19-14-4-3-5-15(20)17(11)14/h3-5,8-12,20H,6-7H2,1-2H3. The van der Waals surface area contributed by atoms with Gasteiger partial charge < -0.3 is 9.84 Å². The molecule has 0 spiro atoms. The fourth-order valence-electron chi connectivity index (χ4n) is 2.98. The van der Waals surface area contributed by atoms with Crippen molar-refractivity contribution >= 4 is 35.4 Å². The fraction of sp³-hybridized carbons (Fsp3) is 0.389. The Morgan fingerprint density at radius 3 is 3.00 bits per heavy atom. The zero-order valence-electron chi connectivity index (χ0n) is 13.6. The highest BCUT2D eigenvalue weighted by Crippen LogP contribution is 2.40. The summed E-state index contributed by atoms with van der Waals surface area (Å²) in [5, 5.41) is 10.3. The summed E-state index contributed by atoms with van der Waals surface area (Å²) in [7, 11) is 0. The fourth-order valence-corrected chi connectivity index (χ4v) is 3.36. The second kappa shape index (κ2) is 6.81. The van der Waals surface area contributed by atoms with Gasteiger partial charge in [-0.2, -0.15) is 11.8 Å². The molecule has 0 aromatic heterocycles. The highest BCUT2D eigenvalue weighted by atomic mass is 32.2. The average Bonchev–Trinajstić information content (AvgIpc) is 3.12. The molecule has 126 valence electrons. The van der Waals surface area contributed by atoms with Crippen LogP contribution in [0.4, 0.5) is 5.69 Å². The van der Waals surface area contributed by atoms with Crippen LogP contribution in [0.3, 0.4) is 0 Å². The summed E-state index contributed by atoms with van der Waals surface area (Å²) in [5.41, 5.74) is 1.43. The molecule has 0 amide bonds. The molecule has 2 heterocycles. The third-order valence-electron chi connectivity index (χ3n) is 4.33. The number of fused-ring (bicyclic) bond motifs is 1. The van der Waals surface area contributed by atoms with Crippen LogP contribution < -0.4 is 0 Å². The minimum absolute atomic E-state index is 0.0970. The maximum absolute atomic E-state index is 12.5. The van der Waals surface area contributed by atoms with Gasteiger partial charge in [-0.05, 0) is 30.9 Å². The Morgan fingerprint density at radius 1 is 1.46 bits per heavy atom. The van der Waals surface area contributed by atoms with Crippen molar-refractivity contribution in [1.82, 2.24) is 0 Å². The van der Waals surface area contributed by atoms with E-state index >= 15 is 0 Å². The number of aliphatic imine (C=N–C) groups is 1. The summed E-state index contributed by atoms with van der Waals surface area (Å²) < 4.78 is 5.28. The molecule has 1 N–H and O–H groups in total. The van der Waals surface area contributed by atoms with E-state index in [4.69, 9.17) is 4.74 Å². The normalized spacial score (nSPS) is 22.9. The topological polar surface area (TPSA) is 76.0 Å². The van der Waals surface area contributed by atoms with Crippen molar-refractivity contribution in [2.45, 2.75) is 37.0 Å².